The van der Waals surface area contributed by atoms with Crippen molar-refractivity contribution in [1.82, 2.24) is 0 Å². The Kier molecular flexibility index (Phi) is 5.23. The highest BCUT2D eigenvalue weighted by atomic mass is 16.5. The van der Waals surface area contributed by atoms with Gasteiger partial charge in [-0.2, -0.15) is 0 Å². The summed E-state index contributed by atoms with van der Waals surface area (Å²) in [7, 11) is 0. The van der Waals surface area contributed by atoms with Crippen LogP contribution in [0.25, 0.3) is 0 Å². The Morgan fingerprint density at radius 3 is 2.88 bits per heavy atom. The predicted molar refractivity (Wildman–Crippen MR) is 62.0 cm³/mol. The maximum Gasteiger partial charge on any atom is 0.333 e. The van der Waals surface area contributed by atoms with E-state index in [2.05, 4.69) is 6.58 Å². The van der Waals surface area contributed by atoms with Crippen LogP contribution < -0.4 is 0 Å². The third kappa shape index (κ3) is 3.80. The van der Waals surface area contributed by atoms with Gasteiger partial charge in [0.05, 0.1) is 6.61 Å². The van der Waals surface area contributed by atoms with Gasteiger partial charge in [-0.25, -0.2) is 4.79 Å². The fourth-order valence-electron chi connectivity index (χ4n) is 2.06. The zero-order chi connectivity index (χ0) is 12.0. The molecule has 0 heterocycles. The number of carbonyl (C=O) groups excluding carboxylic acids is 2. The Bertz CT molecular complexity index is 281. The lowest BCUT2D eigenvalue weighted by Crippen LogP contribution is -2.17. The molecule has 1 saturated carbocycles. The summed E-state index contributed by atoms with van der Waals surface area (Å²) in [6.45, 7) is 5.83. The first-order valence-electron chi connectivity index (χ1n) is 6.02. The van der Waals surface area contributed by atoms with E-state index >= 15 is 0 Å². The third-order valence-corrected chi connectivity index (χ3v) is 2.99. The fourth-order valence-corrected chi connectivity index (χ4v) is 2.06. The first-order valence-corrected chi connectivity index (χ1v) is 6.02. The topological polar surface area (TPSA) is 43.4 Å². The number of rotatable bonds is 4. The molecule has 0 radical (unpaired) electrons. The molecule has 16 heavy (non-hydrogen) atoms. The maximum atomic E-state index is 11.7. The van der Waals surface area contributed by atoms with E-state index in [1.807, 2.05) is 0 Å². The van der Waals surface area contributed by atoms with Gasteiger partial charge in [-0.05, 0) is 26.2 Å². The summed E-state index contributed by atoms with van der Waals surface area (Å²) in [4.78, 5) is 23.1. The SMILES string of the molecule is C=C(CC1CCCCCC1=O)C(=O)OCC. The molecule has 0 aromatic rings. The van der Waals surface area contributed by atoms with E-state index in [0.717, 1.165) is 25.7 Å². The second kappa shape index (κ2) is 6.46. The number of hydrogen-bond donors (Lipinski definition) is 0. The summed E-state index contributed by atoms with van der Waals surface area (Å²) in [5, 5.41) is 0. The van der Waals surface area contributed by atoms with Crippen LogP contribution in [0.1, 0.15) is 45.4 Å². The summed E-state index contributed by atoms with van der Waals surface area (Å²) in [6, 6.07) is 0. The molecule has 0 aromatic carbocycles. The van der Waals surface area contributed by atoms with Crippen molar-refractivity contribution < 1.29 is 14.3 Å². The van der Waals surface area contributed by atoms with Gasteiger partial charge in [0, 0.05) is 17.9 Å². The van der Waals surface area contributed by atoms with Crippen LogP contribution in [0.3, 0.4) is 0 Å². The molecule has 0 N–H and O–H groups in total. The van der Waals surface area contributed by atoms with Gasteiger partial charge < -0.3 is 4.74 Å². The number of carbonyl (C=O) groups is 2. The molecule has 0 amide bonds. The van der Waals surface area contributed by atoms with Gasteiger partial charge in [0.2, 0.25) is 0 Å². The van der Waals surface area contributed by atoms with Gasteiger partial charge in [-0.1, -0.05) is 19.4 Å². The highest BCUT2D eigenvalue weighted by Gasteiger charge is 2.23. The second-order valence-corrected chi connectivity index (χ2v) is 4.29. The van der Waals surface area contributed by atoms with Crippen LogP contribution in [0.5, 0.6) is 0 Å². The zero-order valence-electron chi connectivity index (χ0n) is 9.96. The lowest BCUT2D eigenvalue weighted by molar-refractivity contribution is -0.138. The van der Waals surface area contributed by atoms with Crippen LogP contribution in [0.2, 0.25) is 0 Å². The Hall–Kier alpha value is -1.12. The van der Waals surface area contributed by atoms with E-state index < -0.39 is 0 Å². The lowest BCUT2D eigenvalue weighted by Gasteiger charge is -2.13. The summed E-state index contributed by atoms with van der Waals surface area (Å²) in [6.07, 6.45) is 5.19. The molecule has 1 rings (SSSR count). The molecule has 1 aliphatic rings. The normalized spacial score (nSPS) is 21.3. The van der Waals surface area contributed by atoms with Gasteiger partial charge in [-0.3, -0.25) is 4.79 Å². The van der Waals surface area contributed by atoms with Crippen molar-refractivity contribution in [2.24, 2.45) is 5.92 Å². The summed E-state index contributed by atoms with van der Waals surface area (Å²) in [5.41, 5.74) is 0.433. The zero-order valence-corrected chi connectivity index (χ0v) is 9.96. The summed E-state index contributed by atoms with van der Waals surface area (Å²) < 4.78 is 4.86. The van der Waals surface area contributed by atoms with Crippen molar-refractivity contribution >= 4 is 11.8 Å². The molecule has 3 heteroatoms. The quantitative estimate of drug-likeness (QED) is 0.419. The highest BCUT2D eigenvalue weighted by Crippen LogP contribution is 2.25. The van der Waals surface area contributed by atoms with Crippen molar-refractivity contribution in [2.45, 2.75) is 45.4 Å². The molecule has 0 spiro atoms. The molecule has 1 unspecified atom stereocenters. The van der Waals surface area contributed by atoms with E-state index in [1.165, 1.54) is 0 Å². The molecule has 0 saturated heterocycles. The Morgan fingerprint density at radius 2 is 2.19 bits per heavy atom. The van der Waals surface area contributed by atoms with Crippen LogP contribution in [-0.2, 0) is 14.3 Å². The van der Waals surface area contributed by atoms with Gasteiger partial charge in [0.15, 0.2) is 0 Å². The Labute approximate surface area is 96.9 Å². The minimum absolute atomic E-state index is 0.0144. The molecule has 1 fully saturated rings. The molecular weight excluding hydrogens is 204 g/mol. The van der Waals surface area contributed by atoms with Crippen molar-refractivity contribution in [1.29, 1.82) is 0 Å². The predicted octanol–water partition coefficient (Wildman–Crippen LogP) is 2.65. The average Bonchev–Trinajstić information content (AvgIpc) is 2.45. The van der Waals surface area contributed by atoms with E-state index in [-0.39, 0.29) is 17.7 Å². The first kappa shape index (κ1) is 12.9. The molecule has 3 nitrogen and oxygen atoms in total. The standard InChI is InChI=1S/C13H20O3/c1-3-16-13(15)10(2)9-11-7-5-4-6-8-12(11)14/h11H,2-9H2,1H3. The number of hydrogen-bond acceptors (Lipinski definition) is 3. The number of ketones is 1. The van der Waals surface area contributed by atoms with Crippen LogP contribution in [0, 0.1) is 5.92 Å². The van der Waals surface area contributed by atoms with E-state index in [4.69, 9.17) is 4.74 Å². The Morgan fingerprint density at radius 1 is 1.44 bits per heavy atom. The van der Waals surface area contributed by atoms with Crippen LogP contribution in [0.4, 0.5) is 0 Å². The van der Waals surface area contributed by atoms with Crippen molar-refractivity contribution in [3.8, 4) is 0 Å². The van der Waals surface area contributed by atoms with E-state index in [9.17, 15) is 9.59 Å². The fraction of sp³-hybridized carbons (Fsp3) is 0.692. The van der Waals surface area contributed by atoms with Crippen LogP contribution >= 0.6 is 0 Å². The van der Waals surface area contributed by atoms with Crippen molar-refractivity contribution in [3.05, 3.63) is 12.2 Å². The Balaban J connectivity index is 2.48. The monoisotopic (exact) mass is 224 g/mol. The molecular formula is C13H20O3. The van der Waals surface area contributed by atoms with Gasteiger partial charge >= 0.3 is 5.97 Å². The third-order valence-electron chi connectivity index (χ3n) is 2.99. The van der Waals surface area contributed by atoms with Crippen LogP contribution in [-0.4, -0.2) is 18.4 Å². The largest absolute Gasteiger partial charge is 0.463 e. The molecule has 1 atom stereocenters. The van der Waals surface area contributed by atoms with Gasteiger partial charge in [0.1, 0.15) is 5.78 Å². The van der Waals surface area contributed by atoms with E-state index in [0.29, 0.717) is 25.0 Å². The summed E-state index contributed by atoms with van der Waals surface area (Å²) in [5.74, 6) is -0.0955. The molecule has 0 aliphatic heterocycles. The highest BCUT2D eigenvalue weighted by molar-refractivity contribution is 5.89. The maximum absolute atomic E-state index is 11.7. The number of ether oxygens (including phenoxy) is 1. The number of Topliss-reactive ketones (excluding diaryl/α,β-unsaturated/α-hetero) is 1. The minimum atomic E-state index is -0.362. The second-order valence-electron chi connectivity index (χ2n) is 4.29. The smallest absolute Gasteiger partial charge is 0.333 e. The average molecular weight is 224 g/mol. The van der Waals surface area contributed by atoms with Crippen molar-refractivity contribution in [3.63, 3.8) is 0 Å². The van der Waals surface area contributed by atoms with E-state index in [1.54, 1.807) is 6.92 Å². The molecule has 90 valence electrons. The van der Waals surface area contributed by atoms with Gasteiger partial charge in [0.25, 0.3) is 0 Å². The summed E-state index contributed by atoms with van der Waals surface area (Å²) >= 11 is 0. The lowest BCUT2D eigenvalue weighted by atomic mass is 9.92. The minimum Gasteiger partial charge on any atom is -0.463 e. The molecule has 0 aromatic heterocycles. The molecule has 0 bridgehead atoms. The van der Waals surface area contributed by atoms with Crippen LogP contribution in [0.15, 0.2) is 12.2 Å². The number of esters is 1. The van der Waals surface area contributed by atoms with Gasteiger partial charge in [-0.15, -0.1) is 0 Å². The first-order chi connectivity index (χ1) is 7.65. The van der Waals surface area contributed by atoms with Crippen molar-refractivity contribution in [2.75, 3.05) is 6.61 Å². The molecule has 1 aliphatic carbocycles.